The monoisotopic (exact) mass is 394 g/mol. The quantitative estimate of drug-likeness (QED) is 0.393. The number of aryl methyl sites for hydroxylation is 2. The van der Waals surface area contributed by atoms with Crippen LogP contribution >= 0.6 is 0 Å². The minimum absolute atomic E-state index is 0. The number of aromatic carboxylic acids is 2. The van der Waals surface area contributed by atoms with Crippen LogP contribution in [0.5, 0.6) is 11.5 Å². The molecule has 0 aliphatic heterocycles. The molecule has 4 N–H and O–H groups in total. The highest BCUT2D eigenvalue weighted by Crippen LogP contribution is 2.28. The normalized spacial score (nSPS) is 9.71. The molecule has 2 rings (SSSR count). The molecule has 152 valence electrons. The van der Waals surface area contributed by atoms with Crippen LogP contribution in [-0.2, 0) is 0 Å². The van der Waals surface area contributed by atoms with Crippen molar-refractivity contribution in [3.05, 3.63) is 56.6 Å². The largest absolute Gasteiger partial charge is 0.496 e. The zero-order valence-corrected chi connectivity index (χ0v) is 15.7. The lowest BCUT2D eigenvalue weighted by atomic mass is 10.1. The summed E-state index contributed by atoms with van der Waals surface area (Å²) < 4.78 is 9.86. The van der Waals surface area contributed by atoms with E-state index >= 15 is 0 Å². The molecule has 2 aromatic carbocycles. The minimum Gasteiger partial charge on any atom is -0.496 e. The maximum Gasteiger partial charge on any atom is 0.342 e. The van der Waals surface area contributed by atoms with Crippen molar-refractivity contribution in [2.75, 3.05) is 20.0 Å². The van der Waals surface area contributed by atoms with Gasteiger partial charge in [0.1, 0.15) is 17.1 Å². The molecule has 0 saturated carbocycles. The maximum atomic E-state index is 10.7. The highest BCUT2D eigenvalue weighted by molar-refractivity contribution is 5.94. The van der Waals surface area contributed by atoms with Gasteiger partial charge in [0.15, 0.2) is 0 Å². The molecule has 28 heavy (non-hydrogen) atoms. The van der Waals surface area contributed by atoms with Crippen LogP contribution in [0.2, 0.25) is 0 Å². The van der Waals surface area contributed by atoms with Crippen LogP contribution in [0, 0.1) is 24.0 Å². The maximum absolute atomic E-state index is 10.7. The number of anilines is 1. The van der Waals surface area contributed by atoms with E-state index in [1.54, 1.807) is 13.8 Å². The lowest BCUT2D eigenvalue weighted by Gasteiger charge is -2.07. The summed E-state index contributed by atoms with van der Waals surface area (Å²) in [5.41, 5.74) is 6.33. The van der Waals surface area contributed by atoms with E-state index in [4.69, 9.17) is 25.4 Å². The Morgan fingerprint density at radius 2 is 1.39 bits per heavy atom. The highest BCUT2D eigenvalue weighted by Gasteiger charge is 2.22. The fourth-order valence-corrected chi connectivity index (χ4v) is 2.33. The molecular weight excluding hydrogens is 372 g/mol. The number of nitrogens with zero attached hydrogens (tertiary/aromatic N) is 1. The highest BCUT2D eigenvalue weighted by atomic mass is 16.6. The van der Waals surface area contributed by atoms with E-state index in [0.717, 1.165) is 11.6 Å². The van der Waals surface area contributed by atoms with Gasteiger partial charge in [0.05, 0.1) is 30.8 Å². The summed E-state index contributed by atoms with van der Waals surface area (Å²) in [5, 5.41) is 28.1. The fraction of sp³-hybridized carbons (Fsp3) is 0.222. The number of rotatable bonds is 5. The second-order valence-corrected chi connectivity index (χ2v) is 5.62. The van der Waals surface area contributed by atoms with Crippen molar-refractivity contribution in [3.63, 3.8) is 0 Å². The Morgan fingerprint density at radius 3 is 1.79 bits per heavy atom. The number of ether oxygens (including phenoxy) is 2. The van der Waals surface area contributed by atoms with Gasteiger partial charge in [0, 0.05) is 13.2 Å². The Morgan fingerprint density at radius 1 is 0.964 bits per heavy atom. The first-order valence-electron chi connectivity index (χ1n) is 7.77. The van der Waals surface area contributed by atoms with E-state index in [1.807, 2.05) is 0 Å². The molecule has 0 radical (unpaired) electrons. The van der Waals surface area contributed by atoms with Gasteiger partial charge in [-0.2, -0.15) is 0 Å². The minimum atomic E-state index is -1.33. The fourth-order valence-electron chi connectivity index (χ4n) is 2.33. The molecule has 2 aromatic rings. The number of carboxylic acids is 2. The van der Waals surface area contributed by atoms with Crippen LogP contribution in [-0.4, -0.2) is 41.3 Å². The molecule has 0 heterocycles. The molecule has 0 aromatic heterocycles. The van der Waals surface area contributed by atoms with Crippen molar-refractivity contribution >= 4 is 23.3 Å². The summed E-state index contributed by atoms with van der Waals surface area (Å²) >= 11 is 0. The third kappa shape index (κ3) is 5.10. The van der Waals surface area contributed by atoms with Crippen molar-refractivity contribution in [1.29, 1.82) is 0 Å². The first-order valence-corrected chi connectivity index (χ1v) is 7.77. The second-order valence-electron chi connectivity index (χ2n) is 5.62. The molecule has 0 aliphatic carbocycles. The summed E-state index contributed by atoms with van der Waals surface area (Å²) in [7, 11) is 2.88. The van der Waals surface area contributed by atoms with Gasteiger partial charge in [-0.15, -0.1) is 0 Å². The van der Waals surface area contributed by atoms with Crippen molar-refractivity contribution in [2.24, 2.45) is 0 Å². The molecule has 0 atom stereocenters. The standard InChI is InChI=1S/C9H9NO5.C9H11NO3.H2/c1-5-3-6(9(11)12)7(10(13)14)4-8(5)15-2;1-5-3-6(9(11)12)7(10)4-8(5)13-2;/h3-4H,1-2H3,(H,11,12);3-4H,10H2,1-2H3,(H,11,12);1H. The number of carboxylic acid groups (broad SMARTS) is 2. The lowest BCUT2D eigenvalue weighted by molar-refractivity contribution is -0.385. The molecule has 10 heteroatoms. The molecule has 0 spiro atoms. The Labute approximate surface area is 161 Å². The number of nitrogen functional groups attached to an aromatic ring is 1. The van der Waals surface area contributed by atoms with E-state index < -0.39 is 22.5 Å². The predicted molar refractivity (Wildman–Crippen MR) is 103 cm³/mol. The van der Waals surface area contributed by atoms with E-state index in [2.05, 4.69) is 0 Å². The first kappa shape index (κ1) is 22.2. The summed E-state index contributed by atoms with van der Waals surface area (Å²) in [6.45, 7) is 3.39. The van der Waals surface area contributed by atoms with Gasteiger partial charge in [-0.05, 0) is 37.1 Å². The van der Waals surface area contributed by atoms with Gasteiger partial charge in [-0.25, -0.2) is 9.59 Å². The van der Waals surface area contributed by atoms with Crippen LogP contribution in [0.1, 0.15) is 33.3 Å². The van der Waals surface area contributed by atoms with Crippen molar-refractivity contribution in [3.8, 4) is 11.5 Å². The van der Waals surface area contributed by atoms with E-state index in [0.29, 0.717) is 17.1 Å². The molecule has 0 saturated heterocycles. The molecular formula is C18H22N2O8. The van der Waals surface area contributed by atoms with E-state index in [1.165, 1.54) is 32.4 Å². The Hall–Kier alpha value is -3.82. The van der Waals surface area contributed by atoms with Crippen LogP contribution in [0.4, 0.5) is 11.4 Å². The van der Waals surface area contributed by atoms with E-state index in [-0.39, 0.29) is 18.2 Å². The third-order valence-corrected chi connectivity index (χ3v) is 3.74. The number of nitro benzene ring substituents is 1. The first-order chi connectivity index (χ1) is 13.0. The van der Waals surface area contributed by atoms with Crippen LogP contribution < -0.4 is 15.2 Å². The van der Waals surface area contributed by atoms with Crippen molar-refractivity contribution < 1.29 is 35.6 Å². The zero-order valence-electron chi connectivity index (χ0n) is 15.7. The average Bonchev–Trinajstić information content (AvgIpc) is 2.62. The summed E-state index contributed by atoms with van der Waals surface area (Å²) in [6, 6.07) is 5.34. The van der Waals surface area contributed by atoms with Gasteiger partial charge in [-0.3, -0.25) is 10.1 Å². The number of benzene rings is 2. The molecule has 0 unspecified atom stereocenters. The molecule has 0 aliphatic rings. The number of nitrogens with two attached hydrogens (primary N) is 1. The van der Waals surface area contributed by atoms with E-state index in [9.17, 15) is 19.7 Å². The van der Waals surface area contributed by atoms with Gasteiger partial charge < -0.3 is 25.4 Å². The topological polar surface area (TPSA) is 162 Å². The Bertz CT molecular complexity index is 931. The molecule has 0 amide bonds. The number of carbonyl (C=O) groups is 2. The number of nitro groups is 1. The van der Waals surface area contributed by atoms with Crippen LogP contribution in [0.25, 0.3) is 0 Å². The smallest absolute Gasteiger partial charge is 0.342 e. The average molecular weight is 394 g/mol. The number of hydrogen-bond acceptors (Lipinski definition) is 7. The lowest BCUT2D eigenvalue weighted by Crippen LogP contribution is -2.04. The zero-order chi connectivity index (χ0) is 21.6. The Kier molecular flexibility index (Phi) is 7.31. The summed E-state index contributed by atoms with van der Waals surface area (Å²) in [5.74, 6) is -1.45. The number of methoxy groups -OCH3 is 2. The van der Waals surface area contributed by atoms with Crippen molar-refractivity contribution in [2.45, 2.75) is 13.8 Å². The molecule has 0 bridgehead atoms. The SMILES string of the molecule is COc1cc(N)c(C(=O)O)cc1C.COc1cc([N+](=O)[O-])c(C(=O)O)cc1C.[HH]. The predicted octanol–water partition coefficient (Wildman–Crippen LogP) is 3.14. The molecule has 10 nitrogen and oxygen atoms in total. The van der Waals surface area contributed by atoms with Crippen molar-refractivity contribution in [1.82, 2.24) is 0 Å². The molecule has 0 fully saturated rings. The second kappa shape index (κ2) is 9.21. The third-order valence-electron chi connectivity index (χ3n) is 3.74. The van der Waals surface area contributed by atoms with Gasteiger partial charge in [-0.1, -0.05) is 0 Å². The number of hydrogen-bond donors (Lipinski definition) is 3. The van der Waals surface area contributed by atoms with Gasteiger partial charge in [0.25, 0.3) is 5.69 Å². The van der Waals surface area contributed by atoms with Crippen LogP contribution in [0.3, 0.4) is 0 Å². The van der Waals surface area contributed by atoms with Gasteiger partial charge >= 0.3 is 11.9 Å². The Balaban J connectivity index is 0.000000527. The van der Waals surface area contributed by atoms with Gasteiger partial charge in [0.2, 0.25) is 0 Å². The summed E-state index contributed by atoms with van der Waals surface area (Å²) in [6.07, 6.45) is 0. The van der Waals surface area contributed by atoms with Crippen LogP contribution in [0.15, 0.2) is 24.3 Å². The summed E-state index contributed by atoms with van der Waals surface area (Å²) in [4.78, 5) is 31.2.